The zero-order valence-electron chi connectivity index (χ0n) is 16.2. The maximum absolute atomic E-state index is 13.0. The highest BCUT2D eigenvalue weighted by Gasteiger charge is 2.27. The standard InChI is InChI=1S/C20H26N6O2/c1-4-15(26-10-12(2)8-13(21)11-26)14(9-23-3)25-20(27)17-18-16(28-19(17)22)6-5-7-24-18/h4-7,9,12-13H,3,8,10-11,21-22H2,1-2H3,(H,25,27)/b14-9+,15-4+/t12-,13+/m1/s1. The highest BCUT2D eigenvalue weighted by molar-refractivity contribution is 6.09. The van der Waals surface area contributed by atoms with Crippen molar-refractivity contribution in [3.8, 4) is 0 Å². The molecule has 1 saturated heterocycles. The summed E-state index contributed by atoms with van der Waals surface area (Å²) in [6.45, 7) is 9.14. The number of anilines is 1. The number of fused-ring (bicyclic) bond motifs is 1. The van der Waals surface area contributed by atoms with Crippen molar-refractivity contribution < 1.29 is 9.21 Å². The van der Waals surface area contributed by atoms with E-state index in [1.54, 1.807) is 18.3 Å². The number of allylic oxidation sites excluding steroid dienone is 1. The molecule has 0 aromatic carbocycles. The quantitative estimate of drug-likeness (QED) is 0.538. The van der Waals surface area contributed by atoms with E-state index in [9.17, 15) is 4.79 Å². The Morgan fingerprint density at radius 1 is 1.50 bits per heavy atom. The molecule has 1 amide bonds. The third kappa shape index (κ3) is 3.91. The number of pyridine rings is 1. The van der Waals surface area contributed by atoms with Crippen LogP contribution in [0.25, 0.3) is 11.1 Å². The summed E-state index contributed by atoms with van der Waals surface area (Å²) >= 11 is 0. The highest BCUT2D eigenvalue weighted by Crippen LogP contribution is 2.27. The van der Waals surface area contributed by atoms with E-state index in [2.05, 4.69) is 33.8 Å². The zero-order chi connectivity index (χ0) is 20.3. The van der Waals surface area contributed by atoms with Crippen molar-refractivity contribution >= 4 is 29.6 Å². The summed E-state index contributed by atoms with van der Waals surface area (Å²) in [7, 11) is 0. The lowest BCUT2D eigenvalue weighted by molar-refractivity contribution is 0.0965. The second-order valence-corrected chi connectivity index (χ2v) is 7.05. The largest absolute Gasteiger partial charge is 0.438 e. The van der Waals surface area contributed by atoms with E-state index < -0.39 is 5.91 Å². The fraction of sp³-hybridized carbons (Fsp3) is 0.350. The van der Waals surface area contributed by atoms with Crippen molar-refractivity contribution in [2.24, 2.45) is 16.6 Å². The van der Waals surface area contributed by atoms with Gasteiger partial charge in [0.15, 0.2) is 5.58 Å². The first kappa shape index (κ1) is 19.6. The van der Waals surface area contributed by atoms with Crippen LogP contribution in [0.15, 0.2) is 51.4 Å². The Hall–Kier alpha value is -3.13. The van der Waals surface area contributed by atoms with E-state index in [4.69, 9.17) is 15.9 Å². The van der Waals surface area contributed by atoms with Crippen LogP contribution in [0.5, 0.6) is 0 Å². The molecule has 0 radical (unpaired) electrons. The first-order chi connectivity index (χ1) is 13.4. The number of nitrogen functional groups attached to an aromatic ring is 1. The molecule has 3 heterocycles. The summed E-state index contributed by atoms with van der Waals surface area (Å²) in [6.07, 6.45) is 6.01. The molecule has 1 aliphatic rings. The molecule has 1 fully saturated rings. The van der Waals surface area contributed by atoms with Gasteiger partial charge in [0, 0.05) is 25.3 Å². The molecule has 5 N–H and O–H groups in total. The molecule has 0 saturated carbocycles. The number of carbonyl (C=O) groups excluding carboxylic acids is 1. The average Bonchev–Trinajstić information content (AvgIpc) is 2.97. The van der Waals surface area contributed by atoms with Gasteiger partial charge >= 0.3 is 0 Å². The third-order valence-electron chi connectivity index (χ3n) is 4.75. The Balaban J connectivity index is 1.90. The molecule has 0 aliphatic carbocycles. The number of nitrogens with one attached hydrogen (secondary N) is 1. The number of rotatable bonds is 5. The van der Waals surface area contributed by atoms with Crippen LogP contribution in [0.2, 0.25) is 0 Å². The van der Waals surface area contributed by atoms with Gasteiger partial charge in [-0.3, -0.25) is 14.8 Å². The Morgan fingerprint density at radius 3 is 2.96 bits per heavy atom. The van der Waals surface area contributed by atoms with E-state index in [-0.39, 0.29) is 17.5 Å². The molecule has 2 atom stereocenters. The van der Waals surface area contributed by atoms with Crippen LogP contribution in [0, 0.1) is 5.92 Å². The number of nitrogens with zero attached hydrogens (tertiary/aromatic N) is 3. The van der Waals surface area contributed by atoms with Crippen LogP contribution >= 0.6 is 0 Å². The second kappa shape index (κ2) is 8.26. The number of hydrogen-bond acceptors (Lipinski definition) is 7. The summed E-state index contributed by atoms with van der Waals surface area (Å²) in [4.78, 5) is 23.2. The topological polar surface area (TPSA) is 123 Å². The van der Waals surface area contributed by atoms with Crippen LogP contribution < -0.4 is 16.8 Å². The lowest BCUT2D eigenvalue weighted by Gasteiger charge is -2.38. The fourth-order valence-corrected chi connectivity index (χ4v) is 3.71. The summed E-state index contributed by atoms with van der Waals surface area (Å²) < 4.78 is 5.45. The van der Waals surface area contributed by atoms with Crippen LogP contribution in [0.4, 0.5) is 5.88 Å². The van der Waals surface area contributed by atoms with Gasteiger partial charge in [-0.15, -0.1) is 0 Å². The number of piperidine rings is 1. The minimum Gasteiger partial charge on any atom is -0.438 e. The number of aliphatic imine (C=N–C) groups is 1. The first-order valence-corrected chi connectivity index (χ1v) is 9.22. The monoisotopic (exact) mass is 382 g/mol. The summed E-state index contributed by atoms with van der Waals surface area (Å²) in [5.74, 6) is 0.0521. The Labute approximate surface area is 164 Å². The lowest BCUT2D eigenvalue weighted by atomic mass is 9.95. The van der Waals surface area contributed by atoms with Gasteiger partial charge in [0.1, 0.15) is 11.1 Å². The molecule has 0 bridgehead atoms. The highest BCUT2D eigenvalue weighted by atomic mass is 16.3. The second-order valence-electron chi connectivity index (χ2n) is 7.05. The Bertz CT molecular complexity index is 935. The number of aromatic nitrogens is 1. The van der Waals surface area contributed by atoms with E-state index in [1.165, 1.54) is 6.20 Å². The van der Waals surface area contributed by atoms with Crippen LogP contribution in [0.3, 0.4) is 0 Å². The van der Waals surface area contributed by atoms with Gasteiger partial charge in [-0.05, 0) is 38.1 Å². The number of carbonyl (C=O) groups is 1. The lowest BCUT2D eigenvalue weighted by Crippen LogP contribution is -2.47. The number of furan rings is 1. The molecule has 28 heavy (non-hydrogen) atoms. The molecule has 2 aromatic rings. The van der Waals surface area contributed by atoms with E-state index >= 15 is 0 Å². The minimum atomic E-state index is -0.418. The van der Waals surface area contributed by atoms with Gasteiger partial charge in [-0.1, -0.05) is 13.0 Å². The van der Waals surface area contributed by atoms with Crippen LogP contribution in [0.1, 0.15) is 30.6 Å². The molecule has 2 aromatic heterocycles. The Morgan fingerprint density at radius 2 is 2.29 bits per heavy atom. The maximum atomic E-state index is 13.0. The SMILES string of the molecule is C=N/C=C(NC(=O)c1c(N)oc2cccnc12)\C(=C/C)N1C[C@H](C)C[C@H](N)C1. The number of nitrogens with two attached hydrogens (primary N) is 2. The van der Waals surface area contributed by atoms with Crippen molar-refractivity contribution in [1.82, 2.24) is 15.2 Å². The number of hydrogen-bond donors (Lipinski definition) is 3. The smallest absolute Gasteiger partial charge is 0.263 e. The molecule has 0 unspecified atom stereocenters. The zero-order valence-corrected chi connectivity index (χ0v) is 16.2. The van der Waals surface area contributed by atoms with E-state index in [1.807, 2.05) is 13.0 Å². The molecular weight excluding hydrogens is 356 g/mol. The summed E-state index contributed by atoms with van der Waals surface area (Å²) in [6, 6.07) is 3.51. The molecule has 1 aliphatic heterocycles. The van der Waals surface area contributed by atoms with Gasteiger partial charge in [0.05, 0.1) is 17.6 Å². The molecule has 3 rings (SSSR count). The van der Waals surface area contributed by atoms with Crippen molar-refractivity contribution in [3.63, 3.8) is 0 Å². The Kier molecular flexibility index (Phi) is 5.79. The molecule has 8 heteroatoms. The number of amides is 1. The van der Waals surface area contributed by atoms with E-state index in [0.29, 0.717) is 29.3 Å². The van der Waals surface area contributed by atoms with Crippen molar-refractivity contribution in [1.29, 1.82) is 0 Å². The number of likely N-dealkylation sites (tertiary alicyclic amines) is 1. The van der Waals surface area contributed by atoms with Crippen molar-refractivity contribution in [2.75, 3.05) is 18.8 Å². The molecule has 148 valence electrons. The summed E-state index contributed by atoms with van der Waals surface area (Å²) in [5.41, 5.74) is 14.6. The van der Waals surface area contributed by atoms with Gasteiger partial charge < -0.3 is 26.1 Å². The first-order valence-electron chi connectivity index (χ1n) is 9.22. The van der Waals surface area contributed by atoms with Gasteiger partial charge in [-0.25, -0.2) is 0 Å². The van der Waals surface area contributed by atoms with Gasteiger partial charge in [-0.2, -0.15) is 0 Å². The van der Waals surface area contributed by atoms with Gasteiger partial charge in [0.2, 0.25) is 5.88 Å². The molecular formula is C20H26N6O2. The fourth-order valence-electron chi connectivity index (χ4n) is 3.71. The molecule has 0 spiro atoms. The van der Waals surface area contributed by atoms with Crippen molar-refractivity contribution in [3.05, 3.63) is 47.6 Å². The van der Waals surface area contributed by atoms with Crippen molar-refractivity contribution in [2.45, 2.75) is 26.3 Å². The van der Waals surface area contributed by atoms with E-state index in [0.717, 1.165) is 18.7 Å². The van der Waals surface area contributed by atoms with Crippen LogP contribution in [-0.2, 0) is 0 Å². The normalized spacial score (nSPS) is 21.0. The third-order valence-corrected chi connectivity index (χ3v) is 4.75. The predicted octanol–water partition coefficient (Wildman–Crippen LogP) is 2.25. The molecule has 8 nitrogen and oxygen atoms in total. The maximum Gasteiger partial charge on any atom is 0.263 e. The predicted molar refractivity (Wildman–Crippen MR) is 111 cm³/mol. The van der Waals surface area contributed by atoms with Crippen LogP contribution in [-0.4, -0.2) is 41.6 Å². The minimum absolute atomic E-state index is 0.0211. The summed E-state index contributed by atoms with van der Waals surface area (Å²) in [5, 5.41) is 2.89. The van der Waals surface area contributed by atoms with Gasteiger partial charge in [0.25, 0.3) is 5.91 Å². The average molecular weight is 382 g/mol.